The van der Waals surface area contributed by atoms with Gasteiger partial charge in [0.1, 0.15) is 0 Å². The SMILES string of the molecule is O=C(CCC(F)(F)F)c1cc[nH]c1. The maximum Gasteiger partial charge on any atom is 0.389 e. The van der Waals surface area contributed by atoms with E-state index in [0.717, 1.165) is 0 Å². The van der Waals surface area contributed by atoms with E-state index in [1.807, 2.05) is 0 Å². The number of hydrogen-bond acceptors (Lipinski definition) is 1. The molecule has 0 atom stereocenters. The van der Waals surface area contributed by atoms with Crippen molar-refractivity contribution in [3.8, 4) is 0 Å². The molecule has 0 saturated heterocycles. The zero-order chi connectivity index (χ0) is 9.90. The number of aromatic nitrogens is 1. The van der Waals surface area contributed by atoms with Crippen molar-refractivity contribution in [1.29, 1.82) is 0 Å². The van der Waals surface area contributed by atoms with Gasteiger partial charge in [0.15, 0.2) is 5.78 Å². The molecule has 1 aromatic heterocycles. The summed E-state index contributed by atoms with van der Waals surface area (Å²) in [5.41, 5.74) is 0.296. The largest absolute Gasteiger partial charge is 0.389 e. The Morgan fingerprint density at radius 1 is 1.46 bits per heavy atom. The van der Waals surface area contributed by atoms with Crippen LogP contribution in [0.4, 0.5) is 13.2 Å². The van der Waals surface area contributed by atoms with Crippen molar-refractivity contribution in [3.05, 3.63) is 24.0 Å². The van der Waals surface area contributed by atoms with E-state index in [1.165, 1.54) is 18.5 Å². The number of hydrogen-bond donors (Lipinski definition) is 1. The molecule has 0 aliphatic heterocycles. The van der Waals surface area contributed by atoms with Gasteiger partial charge in [0.2, 0.25) is 0 Å². The summed E-state index contributed by atoms with van der Waals surface area (Å²) in [5, 5.41) is 0. The number of nitrogens with one attached hydrogen (secondary N) is 1. The number of ketones is 1. The van der Waals surface area contributed by atoms with Crippen LogP contribution in [-0.2, 0) is 0 Å². The Morgan fingerprint density at radius 3 is 2.62 bits per heavy atom. The third-order valence-corrected chi connectivity index (χ3v) is 1.56. The van der Waals surface area contributed by atoms with Crippen LogP contribution < -0.4 is 0 Å². The number of rotatable bonds is 3. The van der Waals surface area contributed by atoms with Gasteiger partial charge in [-0.05, 0) is 6.07 Å². The zero-order valence-corrected chi connectivity index (χ0v) is 6.69. The van der Waals surface area contributed by atoms with Gasteiger partial charge in [-0.25, -0.2) is 0 Å². The lowest BCUT2D eigenvalue weighted by molar-refractivity contribution is -0.133. The van der Waals surface area contributed by atoms with Gasteiger partial charge in [0.25, 0.3) is 0 Å². The molecule has 0 aliphatic carbocycles. The molecule has 1 heterocycles. The van der Waals surface area contributed by atoms with E-state index in [0.29, 0.717) is 5.56 Å². The highest BCUT2D eigenvalue weighted by Gasteiger charge is 2.28. The first kappa shape index (κ1) is 9.83. The van der Waals surface area contributed by atoms with Crippen molar-refractivity contribution < 1.29 is 18.0 Å². The maximum absolute atomic E-state index is 11.7. The van der Waals surface area contributed by atoms with Crippen LogP contribution in [0.1, 0.15) is 23.2 Å². The number of alkyl halides is 3. The first-order valence-corrected chi connectivity index (χ1v) is 3.72. The quantitative estimate of drug-likeness (QED) is 0.731. The highest BCUT2D eigenvalue weighted by molar-refractivity contribution is 5.95. The van der Waals surface area contributed by atoms with E-state index in [-0.39, 0.29) is 0 Å². The summed E-state index contributed by atoms with van der Waals surface area (Å²) in [5.74, 6) is -0.487. The van der Waals surface area contributed by atoms with Gasteiger partial charge in [-0.2, -0.15) is 13.2 Å². The molecule has 1 aromatic rings. The standard InChI is InChI=1S/C8H8F3NO/c9-8(10,11)3-1-7(13)6-2-4-12-5-6/h2,4-5,12H,1,3H2. The summed E-state index contributed by atoms with van der Waals surface area (Å²) in [6, 6.07) is 1.46. The fourth-order valence-corrected chi connectivity index (χ4v) is 0.897. The number of H-pyrrole nitrogens is 1. The first-order chi connectivity index (χ1) is 5.99. The molecule has 1 rings (SSSR count). The zero-order valence-electron chi connectivity index (χ0n) is 6.69. The number of aromatic amines is 1. The second kappa shape index (κ2) is 3.64. The Morgan fingerprint density at radius 2 is 2.15 bits per heavy atom. The Hall–Kier alpha value is -1.26. The molecule has 2 nitrogen and oxygen atoms in total. The van der Waals surface area contributed by atoms with Crippen LogP contribution in [0.3, 0.4) is 0 Å². The molecular weight excluding hydrogens is 183 g/mol. The van der Waals surface area contributed by atoms with Crippen LogP contribution in [0.5, 0.6) is 0 Å². The minimum absolute atomic E-state index is 0.296. The Kier molecular flexibility index (Phi) is 2.75. The summed E-state index contributed by atoms with van der Waals surface area (Å²) >= 11 is 0. The summed E-state index contributed by atoms with van der Waals surface area (Å²) in [6.45, 7) is 0. The fourth-order valence-electron chi connectivity index (χ4n) is 0.897. The molecular formula is C8H8F3NO. The van der Waals surface area contributed by atoms with Crippen LogP contribution in [0.25, 0.3) is 0 Å². The molecule has 0 amide bonds. The van der Waals surface area contributed by atoms with Crippen LogP contribution in [-0.4, -0.2) is 16.9 Å². The smallest absolute Gasteiger partial charge is 0.367 e. The van der Waals surface area contributed by atoms with Crippen LogP contribution in [0.15, 0.2) is 18.5 Å². The normalized spacial score (nSPS) is 11.6. The summed E-state index contributed by atoms with van der Waals surface area (Å²) in [7, 11) is 0. The van der Waals surface area contributed by atoms with Crippen LogP contribution >= 0.6 is 0 Å². The van der Waals surface area contributed by atoms with Crippen molar-refractivity contribution >= 4 is 5.78 Å². The van der Waals surface area contributed by atoms with E-state index >= 15 is 0 Å². The summed E-state index contributed by atoms with van der Waals surface area (Å²) in [4.78, 5) is 13.6. The maximum atomic E-state index is 11.7. The molecule has 0 unspecified atom stereocenters. The molecule has 0 aliphatic rings. The van der Waals surface area contributed by atoms with Crippen molar-refractivity contribution in [3.63, 3.8) is 0 Å². The third kappa shape index (κ3) is 3.31. The van der Waals surface area contributed by atoms with E-state index in [9.17, 15) is 18.0 Å². The number of Topliss-reactive ketones (excluding diaryl/α,β-unsaturated/α-hetero) is 1. The van der Waals surface area contributed by atoms with Crippen molar-refractivity contribution in [2.75, 3.05) is 0 Å². The second-order valence-electron chi connectivity index (χ2n) is 2.64. The van der Waals surface area contributed by atoms with Gasteiger partial charge in [0.05, 0.1) is 6.42 Å². The van der Waals surface area contributed by atoms with Gasteiger partial charge in [0, 0.05) is 24.4 Å². The first-order valence-electron chi connectivity index (χ1n) is 3.72. The fraction of sp³-hybridized carbons (Fsp3) is 0.375. The second-order valence-corrected chi connectivity index (χ2v) is 2.64. The molecule has 0 radical (unpaired) electrons. The van der Waals surface area contributed by atoms with Gasteiger partial charge < -0.3 is 4.98 Å². The third-order valence-electron chi connectivity index (χ3n) is 1.56. The molecule has 13 heavy (non-hydrogen) atoms. The lowest BCUT2D eigenvalue weighted by Gasteiger charge is -2.03. The van der Waals surface area contributed by atoms with Gasteiger partial charge in [-0.15, -0.1) is 0 Å². The minimum Gasteiger partial charge on any atom is -0.367 e. The predicted molar refractivity (Wildman–Crippen MR) is 40.4 cm³/mol. The van der Waals surface area contributed by atoms with Crippen molar-refractivity contribution in [1.82, 2.24) is 4.98 Å². The molecule has 0 saturated carbocycles. The van der Waals surface area contributed by atoms with Gasteiger partial charge in [-0.3, -0.25) is 4.79 Å². The van der Waals surface area contributed by atoms with E-state index < -0.39 is 24.8 Å². The van der Waals surface area contributed by atoms with Gasteiger partial charge in [-0.1, -0.05) is 0 Å². The van der Waals surface area contributed by atoms with Crippen molar-refractivity contribution in [2.45, 2.75) is 19.0 Å². The molecule has 1 N–H and O–H groups in total. The lowest BCUT2D eigenvalue weighted by atomic mass is 10.1. The van der Waals surface area contributed by atoms with Gasteiger partial charge >= 0.3 is 6.18 Å². The highest BCUT2D eigenvalue weighted by Crippen LogP contribution is 2.22. The Labute approximate surface area is 72.8 Å². The van der Waals surface area contributed by atoms with E-state index in [1.54, 1.807) is 0 Å². The lowest BCUT2D eigenvalue weighted by Crippen LogP contribution is -2.10. The number of carbonyl (C=O) groups is 1. The van der Waals surface area contributed by atoms with E-state index in [2.05, 4.69) is 4.98 Å². The topological polar surface area (TPSA) is 32.9 Å². The molecule has 0 spiro atoms. The molecule has 0 bridgehead atoms. The van der Waals surface area contributed by atoms with Crippen LogP contribution in [0.2, 0.25) is 0 Å². The van der Waals surface area contributed by atoms with Crippen molar-refractivity contribution in [2.24, 2.45) is 0 Å². The molecule has 0 fully saturated rings. The monoisotopic (exact) mass is 191 g/mol. The highest BCUT2D eigenvalue weighted by atomic mass is 19.4. The van der Waals surface area contributed by atoms with Crippen LogP contribution in [0, 0.1) is 0 Å². The average molecular weight is 191 g/mol. The Balaban J connectivity index is 2.44. The molecule has 72 valence electrons. The van der Waals surface area contributed by atoms with E-state index in [4.69, 9.17) is 0 Å². The number of halogens is 3. The summed E-state index contributed by atoms with van der Waals surface area (Å²) < 4.78 is 35.1. The molecule has 5 heteroatoms. The average Bonchev–Trinajstić information content (AvgIpc) is 2.50. The summed E-state index contributed by atoms with van der Waals surface area (Å²) in [6.07, 6.45) is -2.91. The number of carbonyl (C=O) groups excluding carboxylic acids is 1. The Bertz CT molecular complexity index is 276. The minimum atomic E-state index is -4.26. The molecule has 0 aromatic carbocycles. The predicted octanol–water partition coefficient (Wildman–Crippen LogP) is 2.54.